The molecule has 10 rings (SSSR count). The van der Waals surface area contributed by atoms with Crippen molar-refractivity contribution in [1.82, 2.24) is 0 Å². The van der Waals surface area contributed by atoms with Gasteiger partial charge in [-0.3, -0.25) is 0 Å². The van der Waals surface area contributed by atoms with Crippen LogP contribution in [0.2, 0.25) is 0 Å². The van der Waals surface area contributed by atoms with Crippen molar-refractivity contribution in [3.63, 3.8) is 0 Å². The molecule has 0 saturated carbocycles. The minimum Gasteiger partial charge on any atom is -0.456 e. The standard InChI is InChI=1S/C40H23NOS/c1-3-13-35-28(9-1)32-23-27(19-22-36(32)42-35)41(34-12-6-11-30-29-10-2-4-14-37(29)43-40(30)34)33-21-18-26-16-15-24-7-5-8-25-17-20-31(33)39(26)38(24)25/h1-23H. The third-order valence-electron chi connectivity index (χ3n) is 8.99. The highest BCUT2D eigenvalue weighted by Crippen LogP contribution is 2.48. The third-order valence-corrected chi connectivity index (χ3v) is 10.2. The van der Waals surface area contributed by atoms with Crippen LogP contribution in [-0.4, -0.2) is 0 Å². The van der Waals surface area contributed by atoms with Gasteiger partial charge >= 0.3 is 0 Å². The molecule has 2 aromatic heterocycles. The molecule has 0 N–H and O–H groups in total. The van der Waals surface area contributed by atoms with Gasteiger partial charge in [-0.1, -0.05) is 97.1 Å². The molecule has 0 spiro atoms. The molecule has 2 heterocycles. The monoisotopic (exact) mass is 565 g/mol. The van der Waals surface area contributed by atoms with Crippen molar-refractivity contribution in [2.75, 3.05) is 4.90 Å². The largest absolute Gasteiger partial charge is 0.456 e. The third kappa shape index (κ3) is 3.23. The van der Waals surface area contributed by atoms with Crippen LogP contribution in [0.15, 0.2) is 144 Å². The lowest BCUT2D eigenvalue weighted by atomic mass is 9.93. The Bertz CT molecular complexity index is 2680. The van der Waals surface area contributed by atoms with E-state index >= 15 is 0 Å². The predicted octanol–water partition coefficient (Wildman–Crippen LogP) is 12.3. The van der Waals surface area contributed by atoms with Gasteiger partial charge < -0.3 is 9.32 Å². The second-order valence-corrected chi connectivity index (χ2v) is 12.4. The zero-order valence-corrected chi connectivity index (χ0v) is 23.9. The van der Waals surface area contributed by atoms with E-state index in [2.05, 4.69) is 132 Å². The van der Waals surface area contributed by atoms with Crippen LogP contribution >= 0.6 is 11.3 Å². The Morgan fingerprint density at radius 3 is 2.05 bits per heavy atom. The van der Waals surface area contributed by atoms with Crippen LogP contribution in [0.25, 0.3) is 74.4 Å². The molecule has 0 saturated heterocycles. The summed E-state index contributed by atoms with van der Waals surface area (Å²) < 4.78 is 8.83. The van der Waals surface area contributed by atoms with Crippen molar-refractivity contribution in [1.29, 1.82) is 0 Å². The first-order valence-corrected chi connectivity index (χ1v) is 15.4. The van der Waals surface area contributed by atoms with Gasteiger partial charge in [-0.25, -0.2) is 0 Å². The van der Waals surface area contributed by atoms with Gasteiger partial charge in [-0.15, -0.1) is 11.3 Å². The van der Waals surface area contributed by atoms with E-state index in [4.69, 9.17) is 4.42 Å². The molecule has 0 radical (unpaired) electrons. The molecule has 0 aliphatic rings. The minimum atomic E-state index is 0.903. The molecule has 8 aromatic carbocycles. The molecule has 0 bridgehead atoms. The van der Waals surface area contributed by atoms with E-state index in [9.17, 15) is 0 Å². The summed E-state index contributed by atoms with van der Waals surface area (Å²) in [4.78, 5) is 2.46. The molecule has 200 valence electrons. The first-order valence-electron chi connectivity index (χ1n) is 14.6. The Balaban J connectivity index is 1.34. The molecule has 43 heavy (non-hydrogen) atoms. The summed E-state index contributed by atoms with van der Waals surface area (Å²) in [6.07, 6.45) is 0. The summed E-state index contributed by atoms with van der Waals surface area (Å²) >= 11 is 1.87. The van der Waals surface area contributed by atoms with Crippen molar-refractivity contribution in [3.8, 4) is 0 Å². The highest BCUT2D eigenvalue weighted by Gasteiger charge is 2.22. The number of nitrogens with zero attached hydrogens (tertiary/aromatic N) is 1. The molecule has 2 nitrogen and oxygen atoms in total. The van der Waals surface area contributed by atoms with Gasteiger partial charge in [0.25, 0.3) is 0 Å². The Labute approximate surface area is 250 Å². The fourth-order valence-corrected chi connectivity index (χ4v) is 8.29. The molecular formula is C40H23NOS. The smallest absolute Gasteiger partial charge is 0.135 e. The lowest BCUT2D eigenvalue weighted by Gasteiger charge is -2.28. The fourth-order valence-electron chi connectivity index (χ4n) is 7.08. The van der Waals surface area contributed by atoms with E-state index in [0.29, 0.717) is 0 Å². The van der Waals surface area contributed by atoms with Gasteiger partial charge in [0.05, 0.1) is 16.1 Å². The normalized spacial score (nSPS) is 12.2. The van der Waals surface area contributed by atoms with E-state index < -0.39 is 0 Å². The molecule has 0 amide bonds. The summed E-state index contributed by atoms with van der Waals surface area (Å²) in [5, 5.41) is 12.6. The van der Waals surface area contributed by atoms with Crippen LogP contribution in [-0.2, 0) is 0 Å². The first kappa shape index (κ1) is 23.2. The number of furan rings is 1. The maximum atomic E-state index is 6.24. The summed E-state index contributed by atoms with van der Waals surface area (Å²) in [7, 11) is 0. The van der Waals surface area contributed by atoms with Gasteiger partial charge in [-0.05, 0) is 69.4 Å². The van der Waals surface area contributed by atoms with Crippen LogP contribution in [0.1, 0.15) is 0 Å². The molecule has 0 aliphatic carbocycles. The van der Waals surface area contributed by atoms with E-state index in [-0.39, 0.29) is 0 Å². The van der Waals surface area contributed by atoms with E-state index in [1.165, 1.54) is 63.9 Å². The number of thiophene rings is 1. The number of hydrogen-bond acceptors (Lipinski definition) is 3. The molecule has 10 aromatic rings. The highest BCUT2D eigenvalue weighted by molar-refractivity contribution is 7.26. The lowest BCUT2D eigenvalue weighted by molar-refractivity contribution is 0.669. The second-order valence-electron chi connectivity index (χ2n) is 11.3. The van der Waals surface area contributed by atoms with Crippen molar-refractivity contribution in [3.05, 3.63) is 140 Å². The summed E-state index contributed by atoms with van der Waals surface area (Å²) in [6.45, 7) is 0. The Morgan fingerprint density at radius 2 is 1.14 bits per heavy atom. The molecule has 0 atom stereocenters. The van der Waals surface area contributed by atoms with Gasteiger partial charge in [0.2, 0.25) is 0 Å². The Hall–Kier alpha value is -5.38. The number of hydrogen-bond donors (Lipinski definition) is 0. The number of fused-ring (bicyclic) bond motifs is 6. The SMILES string of the molecule is c1cc2ccc3ccc(N(c4ccc5oc6ccccc6c5c4)c4cccc5c4sc4ccccc45)c4ccc(c1)c2c34. The van der Waals surface area contributed by atoms with E-state index in [0.717, 1.165) is 27.6 Å². The van der Waals surface area contributed by atoms with Crippen LogP contribution in [0, 0.1) is 0 Å². The van der Waals surface area contributed by atoms with Crippen molar-refractivity contribution >= 4 is 103 Å². The zero-order valence-electron chi connectivity index (χ0n) is 23.0. The lowest BCUT2D eigenvalue weighted by Crippen LogP contribution is -2.10. The second kappa shape index (κ2) is 8.57. The maximum absolute atomic E-state index is 6.24. The average molecular weight is 566 g/mol. The van der Waals surface area contributed by atoms with Gasteiger partial charge in [0.15, 0.2) is 0 Å². The molecular weight excluding hydrogens is 543 g/mol. The Kier molecular flexibility index (Phi) is 4.63. The molecule has 0 aliphatic heterocycles. The van der Waals surface area contributed by atoms with Crippen LogP contribution < -0.4 is 4.90 Å². The van der Waals surface area contributed by atoms with E-state index in [1.54, 1.807) is 0 Å². The Morgan fingerprint density at radius 1 is 0.442 bits per heavy atom. The first-order chi connectivity index (χ1) is 21.3. The minimum absolute atomic E-state index is 0.903. The number of para-hydroxylation sites is 1. The van der Waals surface area contributed by atoms with Crippen LogP contribution in [0.4, 0.5) is 17.1 Å². The topological polar surface area (TPSA) is 16.4 Å². The van der Waals surface area contributed by atoms with Crippen LogP contribution in [0.3, 0.4) is 0 Å². The summed E-state index contributed by atoms with van der Waals surface area (Å²) in [5.41, 5.74) is 5.28. The quantitative estimate of drug-likeness (QED) is 0.198. The maximum Gasteiger partial charge on any atom is 0.135 e. The van der Waals surface area contributed by atoms with Gasteiger partial charge in [-0.2, -0.15) is 0 Å². The number of anilines is 3. The predicted molar refractivity (Wildman–Crippen MR) is 185 cm³/mol. The molecule has 3 heteroatoms. The van der Waals surface area contributed by atoms with E-state index in [1.807, 2.05) is 23.5 Å². The molecule has 0 fully saturated rings. The number of rotatable bonds is 3. The highest BCUT2D eigenvalue weighted by atomic mass is 32.1. The summed E-state index contributed by atoms with van der Waals surface area (Å²) in [5.74, 6) is 0. The van der Waals surface area contributed by atoms with Crippen molar-refractivity contribution in [2.45, 2.75) is 0 Å². The van der Waals surface area contributed by atoms with Crippen LogP contribution in [0.5, 0.6) is 0 Å². The summed E-state index contributed by atoms with van der Waals surface area (Å²) in [6, 6.07) is 50.7. The fraction of sp³-hybridized carbons (Fsp3) is 0. The van der Waals surface area contributed by atoms with Crippen molar-refractivity contribution < 1.29 is 4.42 Å². The van der Waals surface area contributed by atoms with Crippen molar-refractivity contribution in [2.24, 2.45) is 0 Å². The van der Waals surface area contributed by atoms with Gasteiger partial charge in [0, 0.05) is 37.3 Å². The zero-order chi connectivity index (χ0) is 28.1. The van der Waals surface area contributed by atoms with Gasteiger partial charge in [0.1, 0.15) is 11.2 Å². The number of benzene rings is 8. The average Bonchev–Trinajstić information content (AvgIpc) is 3.63. The molecule has 0 unspecified atom stereocenters.